The van der Waals surface area contributed by atoms with Crippen LogP contribution >= 0.6 is 15.6 Å². The topological polar surface area (TPSA) is 388 Å². The van der Waals surface area contributed by atoms with E-state index in [0.29, 0.717) is 50.5 Å². The van der Waals surface area contributed by atoms with Crippen molar-refractivity contribution in [1.29, 1.82) is 0 Å². The van der Waals surface area contributed by atoms with Gasteiger partial charge < -0.3 is 60.4 Å². The van der Waals surface area contributed by atoms with E-state index in [9.17, 15) is 71.7 Å². The van der Waals surface area contributed by atoms with Crippen LogP contribution in [0.25, 0.3) is 0 Å². The fraction of sp³-hybridized carbons (Fsp3) is 0.617. The molecular formula is C60H92N8O21P2. The molecule has 0 radical (unpaired) electrons. The molecule has 1 aromatic carbocycles. The molecule has 31 heteroatoms. The Kier molecular flexibility index (Phi) is 32.6. The molecule has 4 unspecified atom stereocenters. The maximum absolute atomic E-state index is 14.6. The van der Waals surface area contributed by atoms with Gasteiger partial charge in [-0.15, -0.1) is 0 Å². The van der Waals surface area contributed by atoms with E-state index in [-0.39, 0.29) is 67.3 Å². The molecule has 0 bridgehead atoms. The Labute approximate surface area is 531 Å². The molecule has 0 aliphatic carbocycles. The third kappa shape index (κ3) is 27.3. The molecule has 0 spiro atoms. The second-order valence-corrected chi connectivity index (χ2v) is 26.0. The van der Waals surface area contributed by atoms with Crippen LogP contribution in [-0.4, -0.2) is 180 Å². The Morgan fingerprint density at radius 3 is 1.99 bits per heavy atom. The van der Waals surface area contributed by atoms with Crippen molar-refractivity contribution < 1.29 is 99.2 Å². The maximum atomic E-state index is 14.6. The number of unbranched alkanes of at least 4 members (excludes halogenated alkanes) is 3. The van der Waals surface area contributed by atoms with Gasteiger partial charge in [-0.3, -0.25) is 52.3 Å². The van der Waals surface area contributed by atoms with E-state index in [0.717, 1.165) is 20.3 Å². The van der Waals surface area contributed by atoms with Crippen LogP contribution in [0, 0.1) is 17.8 Å². The first kappa shape index (κ1) is 78.1. The monoisotopic (exact) mass is 1320 g/mol. The number of rotatable bonds is 25. The molecule has 10 atom stereocenters. The maximum Gasteiger partial charge on any atom is 0.481 e. The van der Waals surface area contributed by atoms with Crippen LogP contribution in [0.2, 0.25) is 0 Å². The standard InChI is InChI=1S/C60H92N8O21P2/c1-13-38(5)52-55(74)64-43(10)59(78)88-53(39(6)14-2)40(7)20-19-21-41(8)58(77)87-47(34-37(3)4)54(73)63-42(9)56(75)67(12)46(57(76)66(11)36-49(70)65-52)35-44-23-25-45(26-24-44)86-60(79)62-30-33-85-91(82,83)89-90(80,81)84-32-29-61-48(69)22-17-15-16-18-31-68-50(71)27-28-51(68)72/h14,21,23-28,37-38,40,42-43,46-47,52-53H,13,15-20,22,29-36H2,1-12H3,(H,61,69)(H,62,79)(H,63,73)(H,64,74)(H,65,70)(H,80,81)(H,82,83)/b39-14+,41-21+/t38?,40-,42-,43+,46+,47+,52?,53+/m0/s1. The Morgan fingerprint density at radius 2 is 1.40 bits per heavy atom. The zero-order chi connectivity index (χ0) is 68.3. The van der Waals surface area contributed by atoms with E-state index in [2.05, 4.69) is 39.9 Å². The van der Waals surface area contributed by atoms with Crippen molar-refractivity contribution in [3.8, 4) is 5.75 Å². The van der Waals surface area contributed by atoms with E-state index in [1.54, 1.807) is 26.8 Å². The predicted molar refractivity (Wildman–Crippen MR) is 330 cm³/mol. The van der Waals surface area contributed by atoms with Crippen molar-refractivity contribution in [2.75, 3.05) is 53.5 Å². The van der Waals surface area contributed by atoms with Crippen LogP contribution in [0.15, 0.2) is 59.7 Å². The molecule has 0 fully saturated rings. The lowest BCUT2D eigenvalue weighted by Gasteiger charge is -2.33. The Hall–Kier alpha value is -7.13. The summed E-state index contributed by atoms with van der Waals surface area (Å²) in [6.45, 7) is 14.7. The molecule has 2 aliphatic heterocycles. The van der Waals surface area contributed by atoms with Gasteiger partial charge in [-0.2, -0.15) is 4.31 Å². The summed E-state index contributed by atoms with van der Waals surface area (Å²) in [5, 5.41) is 12.7. The summed E-state index contributed by atoms with van der Waals surface area (Å²) in [5.41, 5.74) is 1.37. The number of benzene rings is 1. The quantitative estimate of drug-likeness (QED) is 0.0231. The highest BCUT2D eigenvalue weighted by Gasteiger charge is 2.38. The minimum absolute atomic E-state index is 0.0367. The molecule has 508 valence electrons. The van der Waals surface area contributed by atoms with Crippen molar-refractivity contribution in [3.05, 3.63) is 65.3 Å². The molecule has 91 heavy (non-hydrogen) atoms. The molecule has 2 aliphatic rings. The number of allylic oxidation sites excluding steroid dienone is 2. The zero-order valence-corrected chi connectivity index (χ0v) is 55.8. The van der Waals surface area contributed by atoms with Crippen LogP contribution < -0.4 is 31.3 Å². The third-order valence-corrected chi connectivity index (χ3v) is 17.6. The molecule has 9 amide bonds. The zero-order valence-electron chi connectivity index (χ0n) is 54.0. The molecule has 1 aromatic rings. The van der Waals surface area contributed by atoms with Gasteiger partial charge in [-0.05, 0) is 108 Å². The van der Waals surface area contributed by atoms with E-state index in [4.69, 9.17) is 14.2 Å². The molecule has 0 saturated heterocycles. The lowest BCUT2D eigenvalue weighted by atomic mass is 9.93. The van der Waals surface area contributed by atoms with Crippen LogP contribution in [0.5, 0.6) is 5.75 Å². The van der Waals surface area contributed by atoms with Gasteiger partial charge in [0.15, 0.2) is 6.10 Å². The van der Waals surface area contributed by atoms with Gasteiger partial charge in [0.25, 0.3) is 17.7 Å². The summed E-state index contributed by atoms with van der Waals surface area (Å²) in [7, 11) is -7.82. The van der Waals surface area contributed by atoms with Crippen molar-refractivity contribution in [2.24, 2.45) is 17.8 Å². The summed E-state index contributed by atoms with van der Waals surface area (Å²) >= 11 is 0. The Morgan fingerprint density at radius 1 is 0.802 bits per heavy atom. The number of esters is 2. The van der Waals surface area contributed by atoms with E-state index >= 15 is 0 Å². The van der Waals surface area contributed by atoms with Gasteiger partial charge in [0.2, 0.25) is 29.5 Å². The number of nitrogens with zero attached hydrogens (tertiary/aromatic N) is 3. The highest BCUT2D eigenvalue weighted by atomic mass is 31.3. The molecule has 0 saturated carbocycles. The minimum atomic E-state index is -5.26. The van der Waals surface area contributed by atoms with Crippen LogP contribution in [0.3, 0.4) is 0 Å². The normalized spacial score (nSPS) is 24.1. The van der Waals surface area contributed by atoms with Gasteiger partial charge in [-0.1, -0.05) is 78.2 Å². The third-order valence-electron chi connectivity index (χ3n) is 14.9. The summed E-state index contributed by atoms with van der Waals surface area (Å²) in [6.07, 6.45) is 6.38. The number of phosphoric ester groups is 2. The van der Waals surface area contributed by atoms with Crippen LogP contribution in [-0.2, 0) is 86.3 Å². The number of ether oxygens (including phenoxy) is 3. The number of imide groups is 1. The molecule has 3 rings (SSSR count). The van der Waals surface area contributed by atoms with Crippen molar-refractivity contribution >= 4 is 80.9 Å². The highest BCUT2D eigenvalue weighted by Crippen LogP contribution is 2.60. The van der Waals surface area contributed by atoms with Gasteiger partial charge in [0.1, 0.15) is 36.0 Å². The first-order valence-corrected chi connectivity index (χ1v) is 33.3. The van der Waals surface area contributed by atoms with Gasteiger partial charge in [-0.25, -0.2) is 23.5 Å². The van der Waals surface area contributed by atoms with Crippen molar-refractivity contribution in [3.63, 3.8) is 0 Å². The van der Waals surface area contributed by atoms with Crippen LogP contribution in [0.4, 0.5) is 4.79 Å². The van der Waals surface area contributed by atoms with E-state index in [1.165, 1.54) is 64.4 Å². The van der Waals surface area contributed by atoms with Gasteiger partial charge in [0, 0.05) is 64.3 Å². The minimum Gasteiger partial charge on any atom is -0.456 e. The number of hydrogen-bond donors (Lipinski definition) is 7. The summed E-state index contributed by atoms with van der Waals surface area (Å²) < 4.78 is 55.4. The molecule has 2 heterocycles. The Balaban J connectivity index is 1.71. The number of phosphoric acid groups is 2. The van der Waals surface area contributed by atoms with Gasteiger partial charge in [0.05, 0.1) is 19.8 Å². The number of cyclic esters (lactones) is 2. The first-order chi connectivity index (χ1) is 42.7. The van der Waals surface area contributed by atoms with E-state index < -0.39 is 138 Å². The number of likely N-dealkylation sites (N-methyl/N-ethyl adjacent to an activating group) is 2. The summed E-state index contributed by atoms with van der Waals surface area (Å²) in [5.74, 6) is -7.20. The number of carbonyl (C=O) groups excluding carboxylic acids is 11. The van der Waals surface area contributed by atoms with Crippen molar-refractivity contribution in [2.45, 2.75) is 170 Å². The lowest BCUT2D eigenvalue weighted by molar-refractivity contribution is -0.154. The number of carbonyl (C=O) groups is 11. The summed E-state index contributed by atoms with van der Waals surface area (Å²) in [4.78, 5) is 169. The molecule has 7 N–H and O–H groups in total. The number of amides is 9. The average Bonchev–Trinajstić information content (AvgIpc) is 1.63. The molecule has 29 nitrogen and oxygen atoms in total. The fourth-order valence-corrected chi connectivity index (χ4v) is 11.4. The predicted octanol–water partition coefficient (Wildman–Crippen LogP) is 4.60. The lowest BCUT2D eigenvalue weighted by Crippen LogP contribution is -2.57. The SMILES string of the molecule is C/C=C(\C)[C@H]1OC(=O)[C@@H](C)NC(=O)C(C(C)CC)NC(=O)CN(C)C(=O)[C@@H](Cc2ccc(OC(=O)NCCOP(=O)(O)OP(=O)(O)OCCNC(=O)CCCCCCN3C(=O)C=CC3=O)cc2)N(C)C(=O)[C@H](C)NC(=O)[C@@H](CC(C)C)OC(=O)/C(C)=C/CC[C@@H]1C. The van der Waals surface area contributed by atoms with Crippen molar-refractivity contribution in [1.82, 2.24) is 41.3 Å². The van der Waals surface area contributed by atoms with E-state index in [1.807, 2.05) is 40.7 Å². The summed E-state index contributed by atoms with van der Waals surface area (Å²) in [6, 6.07) is 0.675. The molecular weight excluding hydrogens is 1230 g/mol. The number of nitrogens with one attached hydrogen (secondary N) is 5. The molecule has 0 aromatic heterocycles. The fourth-order valence-electron chi connectivity index (χ4n) is 9.31. The average molecular weight is 1320 g/mol. The van der Waals surface area contributed by atoms with Crippen LogP contribution in [0.1, 0.15) is 133 Å². The highest BCUT2D eigenvalue weighted by molar-refractivity contribution is 7.61. The number of hydrogen-bond acceptors (Lipinski definition) is 19. The largest absolute Gasteiger partial charge is 0.481 e. The Bertz CT molecular complexity index is 2900. The first-order valence-electron chi connectivity index (χ1n) is 30.3. The van der Waals surface area contributed by atoms with Gasteiger partial charge >= 0.3 is 33.7 Å². The smallest absolute Gasteiger partial charge is 0.456 e. The second-order valence-electron chi connectivity index (χ2n) is 22.9. The second kappa shape index (κ2) is 38.0.